The Hall–Kier alpha value is -2.46. The van der Waals surface area contributed by atoms with Gasteiger partial charge in [0.25, 0.3) is 0 Å². The number of fused-ring (bicyclic) bond motifs is 1. The summed E-state index contributed by atoms with van der Waals surface area (Å²) in [5, 5.41) is 15.6. The zero-order chi connectivity index (χ0) is 17.1. The molecule has 4 nitrogen and oxygen atoms in total. The first-order chi connectivity index (χ1) is 12.3. The molecule has 25 heavy (non-hydrogen) atoms. The van der Waals surface area contributed by atoms with Gasteiger partial charge in [-0.25, -0.2) is 0 Å². The van der Waals surface area contributed by atoms with Crippen molar-refractivity contribution in [2.24, 2.45) is 0 Å². The monoisotopic (exact) mass is 333 g/mol. The summed E-state index contributed by atoms with van der Waals surface area (Å²) in [4.78, 5) is 8.91. The summed E-state index contributed by atoms with van der Waals surface area (Å²) >= 11 is 0. The molecule has 2 N–H and O–H groups in total. The van der Waals surface area contributed by atoms with E-state index in [9.17, 15) is 5.11 Å². The van der Waals surface area contributed by atoms with Crippen LogP contribution in [0.5, 0.6) is 5.75 Å². The maximum atomic E-state index is 10.9. The Morgan fingerprint density at radius 2 is 1.76 bits per heavy atom. The highest BCUT2D eigenvalue weighted by Gasteiger charge is 2.24. The molecule has 0 bridgehead atoms. The second-order valence-electron chi connectivity index (χ2n) is 6.77. The number of nitrogens with one attached hydrogen (secondary N) is 1. The first kappa shape index (κ1) is 16.0. The SMILES string of the molecule is Oc1c(C(NC2CCCCC2)c2ccccn2)ccc2cccnc12. The smallest absolute Gasteiger partial charge is 0.146 e. The molecule has 1 unspecified atom stereocenters. The fourth-order valence-corrected chi connectivity index (χ4v) is 3.76. The molecule has 0 saturated heterocycles. The number of benzene rings is 1. The molecule has 3 aromatic rings. The van der Waals surface area contributed by atoms with Crippen molar-refractivity contribution in [1.29, 1.82) is 0 Å². The lowest BCUT2D eigenvalue weighted by atomic mass is 9.92. The highest BCUT2D eigenvalue weighted by atomic mass is 16.3. The van der Waals surface area contributed by atoms with Gasteiger partial charge in [0, 0.05) is 29.4 Å². The summed E-state index contributed by atoms with van der Waals surface area (Å²) in [6.07, 6.45) is 9.72. The lowest BCUT2D eigenvalue weighted by molar-refractivity contribution is 0.348. The molecular weight excluding hydrogens is 310 g/mol. The molecule has 2 heterocycles. The molecular formula is C21H23N3O. The van der Waals surface area contributed by atoms with E-state index >= 15 is 0 Å². The molecule has 1 aliphatic rings. The fourth-order valence-electron chi connectivity index (χ4n) is 3.76. The van der Waals surface area contributed by atoms with Gasteiger partial charge in [-0.05, 0) is 31.0 Å². The van der Waals surface area contributed by atoms with Crippen LogP contribution in [-0.2, 0) is 0 Å². The molecule has 1 atom stereocenters. The number of pyridine rings is 2. The minimum absolute atomic E-state index is 0.129. The van der Waals surface area contributed by atoms with E-state index in [1.807, 2.05) is 42.5 Å². The Balaban J connectivity index is 1.76. The van der Waals surface area contributed by atoms with Gasteiger partial charge in [-0.2, -0.15) is 0 Å². The van der Waals surface area contributed by atoms with E-state index < -0.39 is 0 Å². The summed E-state index contributed by atoms with van der Waals surface area (Å²) in [7, 11) is 0. The standard InChI is InChI=1S/C21H23N3O/c25-21-17(12-11-15-7-6-14-23-19(15)21)20(18-10-4-5-13-22-18)24-16-8-2-1-3-9-16/h4-7,10-14,16,20,24-25H,1-3,8-9H2. The number of rotatable bonds is 4. The van der Waals surface area contributed by atoms with Gasteiger partial charge in [0.15, 0.2) is 0 Å². The van der Waals surface area contributed by atoms with Gasteiger partial charge in [0.05, 0.1) is 11.7 Å². The number of aromatic nitrogens is 2. The highest BCUT2D eigenvalue weighted by Crippen LogP contribution is 2.35. The maximum Gasteiger partial charge on any atom is 0.146 e. The van der Waals surface area contributed by atoms with Crippen molar-refractivity contribution in [3.8, 4) is 5.75 Å². The van der Waals surface area contributed by atoms with Crippen LogP contribution in [0.3, 0.4) is 0 Å². The second-order valence-corrected chi connectivity index (χ2v) is 6.77. The average Bonchev–Trinajstić information content (AvgIpc) is 2.69. The van der Waals surface area contributed by atoms with E-state index in [-0.39, 0.29) is 11.8 Å². The van der Waals surface area contributed by atoms with Gasteiger partial charge in [-0.1, -0.05) is 43.5 Å². The third-order valence-electron chi connectivity index (χ3n) is 5.08. The van der Waals surface area contributed by atoms with E-state index in [0.29, 0.717) is 11.6 Å². The number of phenolic OH excluding ortho intramolecular Hbond substituents is 1. The van der Waals surface area contributed by atoms with E-state index in [1.165, 1.54) is 32.1 Å². The van der Waals surface area contributed by atoms with Crippen molar-refractivity contribution in [2.75, 3.05) is 0 Å². The van der Waals surface area contributed by atoms with Crippen LogP contribution in [0, 0.1) is 0 Å². The molecule has 2 aromatic heterocycles. The van der Waals surface area contributed by atoms with Crippen LogP contribution in [0.4, 0.5) is 0 Å². The highest BCUT2D eigenvalue weighted by molar-refractivity contribution is 5.85. The summed E-state index contributed by atoms with van der Waals surface area (Å²) in [6.45, 7) is 0. The third kappa shape index (κ3) is 3.35. The molecule has 1 saturated carbocycles. The second kappa shape index (κ2) is 7.19. The molecule has 1 aromatic carbocycles. The van der Waals surface area contributed by atoms with Crippen molar-refractivity contribution < 1.29 is 5.11 Å². The predicted molar refractivity (Wildman–Crippen MR) is 99.5 cm³/mol. The maximum absolute atomic E-state index is 10.9. The first-order valence-corrected chi connectivity index (χ1v) is 9.06. The lowest BCUT2D eigenvalue weighted by Gasteiger charge is -2.29. The Morgan fingerprint density at radius 3 is 2.56 bits per heavy atom. The van der Waals surface area contributed by atoms with Crippen LogP contribution in [0.25, 0.3) is 10.9 Å². The van der Waals surface area contributed by atoms with Crippen molar-refractivity contribution in [3.05, 3.63) is 66.1 Å². The van der Waals surface area contributed by atoms with Crippen LogP contribution in [-0.4, -0.2) is 21.1 Å². The van der Waals surface area contributed by atoms with Gasteiger partial charge in [0.1, 0.15) is 11.3 Å². The van der Waals surface area contributed by atoms with E-state index in [2.05, 4.69) is 15.3 Å². The Bertz CT molecular complexity index is 844. The molecule has 0 aliphatic heterocycles. The molecule has 0 spiro atoms. The molecule has 4 heteroatoms. The molecule has 1 fully saturated rings. The first-order valence-electron chi connectivity index (χ1n) is 9.06. The third-order valence-corrected chi connectivity index (χ3v) is 5.08. The molecule has 0 amide bonds. The number of aromatic hydroxyl groups is 1. The van der Waals surface area contributed by atoms with Crippen LogP contribution in [0.2, 0.25) is 0 Å². The van der Waals surface area contributed by atoms with E-state index in [4.69, 9.17) is 0 Å². The minimum Gasteiger partial charge on any atom is -0.505 e. The number of hydrogen-bond acceptors (Lipinski definition) is 4. The van der Waals surface area contributed by atoms with Gasteiger partial charge >= 0.3 is 0 Å². The quantitative estimate of drug-likeness (QED) is 0.745. The van der Waals surface area contributed by atoms with Crippen LogP contribution < -0.4 is 5.32 Å². The van der Waals surface area contributed by atoms with Crippen molar-refractivity contribution in [3.63, 3.8) is 0 Å². The predicted octanol–water partition coefficient (Wildman–Crippen LogP) is 4.35. The van der Waals surface area contributed by atoms with Crippen molar-refractivity contribution in [2.45, 2.75) is 44.2 Å². The van der Waals surface area contributed by atoms with Crippen molar-refractivity contribution >= 4 is 10.9 Å². The number of phenols is 1. The Labute approximate surface area is 148 Å². The van der Waals surface area contributed by atoms with Gasteiger partial charge < -0.3 is 10.4 Å². The molecule has 0 radical (unpaired) electrons. The average molecular weight is 333 g/mol. The summed E-state index contributed by atoms with van der Waals surface area (Å²) in [5.74, 6) is 0.247. The zero-order valence-corrected chi connectivity index (χ0v) is 14.2. The van der Waals surface area contributed by atoms with E-state index in [0.717, 1.165) is 16.6 Å². The summed E-state index contributed by atoms with van der Waals surface area (Å²) < 4.78 is 0. The summed E-state index contributed by atoms with van der Waals surface area (Å²) in [5.41, 5.74) is 2.42. The fraction of sp³-hybridized carbons (Fsp3) is 0.333. The van der Waals surface area contributed by atoms with Crippen LogP contribution in [0.15, 0.2) is 54.9 Å². The van der Waals surface area contributed by atoms with Gasteiger partial charge in [0.2, 0.25) is 0 Å². The zero-order valence-electron chi connectivity index (χ0n) is 14.2. The molecule has 4 rings (SSSR count). The Morgan fingerprint density at radius 1 is 0.920 bits per heavy atom. The number of nitrogens with zero attached hydrogens (tertiary/aromatic N) is 2. The minimum atomic E-state index is -0.129. The van der Waals surface area contributed by atoms with Crippen molar-refractivity contribution in [1.82, 2.24) is 15.3 Å². The molecule has 1 aliphatic carbocycles. The Kier molecular flexibility index (Phi) is 4.61. The summed E-state index contributed by atoms with van der Waals surface area (Å²) in [6, 6.07) is 14.1. The molecule has 128 valence electrons. The van der Waals surface area contributed by atoms with Crippen LogP contribution in [0.1, 0.15) is 49.4 Å². The lowest BCUT2D eigenvalue weighted by Crippen LogP contribution is -2.35. The van der Waals surface area contributed by atoms with E-state index in [1.54, 1.807) is 12.4 Å². The van der Waals surface area contributed by atoms with Gasteiger partial charge in [-0.3, -0.25) is 9.97 Å². The van der Waals surface area contributed by atoms with Gasteiger partial charge in [-0.15, -0.1) is 0 Å². The largest absolute Gasteiger partial charge is 0.505 e. The van der Waals surface area contributed by atoms with Crippen LogP contribution >= 0.6 is 0 Å². The normalized spacial score (nSPS) is 16.8. The number of hydrogen-bond donors (Lipinski definition) is 2. The topological polar surface area (TPSA) is 58.0 Å².